The lowest BCUT2D eigenvalue weighted by atomic mass is 9.83. The quantitative estimate of drug-likeness (QED) is 0.359. The third-order valence-electron chi connectivity index (χ3n) is 2.51. The summed E-state index contributed by atoms with van der Waals surface area (Å²) in [6, 6.07) is 0. The monoisotopic (exact) mass is 182 g/mol. The van der Waals surface area contributed by atoms with E-state index < -0.39 is 23.1 Å². The third kappa shape index (κ3) is 0.855. The van der Waals surface area contributed by atoms with E-state index in [1.54, 1.807) is 13.0 Å². The normalized spacial score (nSPS) is 41.6. The Morgan fingerprint density at radius 2 is 2.00 bits per heavy atom. The first-order chi connectivity index (χ1) is 6.02. The minimum atomic E-state index is -1.10. The number of hydrogen-bond donors (Lipinski definition) is 0. The van der Waals surface area contributed by atoms with Gasteiger partial charge in [0.05, 0.1) is 6.42 Å². The number of rotatable bonds is 2. The fourth-order valence-electron chi connectivity index (χ4n) is 1.94. The number of hydrogen-bond acceptors (Lipinski definition) is 4. The predicted molar refractivity (Wildman–Crippen MR) is 42.5 cm³/mol. The third-order valence-corrected chi connectivity index (χ3v) is 2.51. The van der Waals surface area contributed by atoms with E-state index >= 15 is 0 Å². The van der Waals surface area contributed by atoms with Gasteiger partial charge < -0.3 is 9.47 Å². The van der Waals surface area contributed by atoms with Gasteiger partial charge in [0.15, 0.2) is 5.41 Å². The lowest BCUT2D eigenvalue weighted by Crippen LogP contribution is -2.39. The molecule has 0 saturated carbocycles. The van der Waals surface area contributed by atoms with Crippen molar-refractivity contribution in [2.24, 2.45) is 5.41 Å². The van der Waals surface area contributed by atoms with Crippen molar-refractivity contribution in [2.75, 3.05) is 0 Å². The SMILES string of the molecule is C=CCC12CC(C)(OC1=O)OC2=O. The van der Waals surface area contributed by atoms with E-state index in [1.165, 1.54) is 0 Å². The van der Waals surface area contributed by atoms with Gasteiger partial charge in [-0.1, -0.05) is 6.08 Å². The highest BCUT2D eigenvalue weighted by atomic mass is 16.8. The van der Waals surface area contributed by atoms with Crippen molar-refractivity contribution < 1.29 is 19.1 Å². The Morgan fingerprint density at radius 1 is 1.46 bits per heavy atom. The van der Waals surface area contributed by atoms with E-state index in [1.807, 2.05) is 0 Å². The van der Waals surface area contributed by atoms with E-state index in [9.17, 15) is 9.59 Å². The molecule has 2 aliphatic heterocycles. The molecule has 0 aromatic rings. The molecule has 2 bridgehead atoms. The van der Waals surface area contributed by atoms with E-state index in [-0.39, 0.29) is 0 Å². The second kappa shape index (κ2) is 2.13. The molecule has 70 valence electrons. The van der Waals surface area contributed by atoms with Gasteiger partial charge in [0.25, 0.3) is 5.79 Å². The molecule has 0 atom stereocenters. The summed E-state index contributed by atoms with van der Waals surface area (Å²) in [7, 11) is 0. The summed E-state index contributed by atoms with van der Waals surface area (Å²) in [5.41, 5.74) is -1.10. The molecule has 0 unspecified atom stereocenters. The minimum Gasteiger partial charge on any atom is -0.422 e. The summed E-state index contributed by atoms with van der Waals surface area (Å²) in [5, 5.41) is 0. The van der Waals surface area contributed by atoms with Gasteiger partial charge in [0, 0.05) is 6.92 Å². The molecule has 0 aromatic carbocycles. The van der Waals surface area contributed by atoms with Crippen LogP contribution in [0.5, 0.6) is 0 Å². The molecule has 2 saturated heterocycles. The highest BCUT2D eigenvalue weighted by Crippen LogP contribution is 2.51. The van der Waals surface area contributed by atoms with Gasteiger partial charge >= 0.3 is 11.9 Å². The topological polar surface area (TPSA) is 52.6 Å². The largest absolute Gasteiger partial charge is 0.422 e. The van der Waals surface area contributed by atoms with E-state index in [4.69, 9.17) is 9.47 Å². The van der Waals surface area contributed by atoms with Crippen LogP contribution in [-0.2, 0) is 19.1 Å². The van der Waals surface area contributed by atoms with Crippen LogP contribution in [-0.4, -0.2) is 17.7 Å². The van der Waals surface area contributed by atoms with Crippen LogP contribution in [0.25, 0.3) is 0 Å². The minimum absolute atomic E-state index is 0.292. The Hall–Kier alpha value is -1.32. The second-order valence-electron chi connectivity index (χ2n) is 3.66. The molecule has 2 heterocycles. The molecule has 4 nitrogen and oxygen atoms in total. The first-order valence-corrected chi connectivity index (χ1v) is 4.10. The van der Waals surface area contributed by atoms with Crippen molar-refractivity contribution in [1.29, 1.82) is 0 Å². The van der Waals surface area contributed by atoms with E-state index in [0.29, 0.717) is 12.8 Å². The van der Waals surface area contributed by atoms with Gasteiger partial charge in [-0.25, -0.2) is 0 Å². The van der Waals surface area contributed by atoms with Gasteiger partial charge in [-0.2, -0.15) is 0 Å². The molecule has 0 aliphatic carbocycles. The highest BCUT2D eigenvalue weighted by Gasteiger charge is 2.68. The van der Waals surface area contributed by atoms with Crippen molar-refractivity contribution in [1.82, 2.24) is 0 Å². The van der Waals surface area contributed by atoms with Gasteiger partial charge in [0.2, 0.25) is 0 Å². The number of fused-ring (bicyclic) bond motifs is 2. The Labute approximate surface area is 75.5 Å². The van der Waals surface area contributed by atoms with Crippen molar-refractivity contribution in [3.8, 4) is 0 Å². The summed E-state index contributed by atoms with van der Waals surface area (Å²) in [4.78, 5) is 22.8. The molecule has 0 N–H and O–H groups in total. The molecule has 0 amide bonds. The zero-order chi connectivity index (χ0) is 9.69. The Morgan fingerprint density at radius 3 is 2.38 bits per heavy atom. The van der Waals surface area contributed by atoms with Crippen molar-refractivity contribution >= 4 is 11.9 Å². The van der Waals surface area contributed by atoms with Gasteiger partial charge in [0.1, 0.15) is 0 Å². The molecule has 4 heteroatoms. The number of esters is 2. The van der Waals surface area contributed by atoms with E-state index in [0.717, 1.165) is 0 Å². The molecular weight excluding hydrogens is 172 g/mol. The van der Waals surface area contributed by atoms with Crippen LogP contribution in [0.3, 0.4) is 0 Å². The van der Waals surface area contributed by atoms with Crippen LogP contribution >= 0.6 is 0 Å². The van der Waals surface area contributed by atoms with Crippen molar-refractivity contribution in [3.05, 3.63) is 12.7 Å². The van der Waals surface area contributed by atoms with Crippen LogP contribution in [0.1, 0.15) is 19.8 Å². The molecule has 0 spiro atoms. The zero-order valence-corrected chi connectivity index (χ0v) is 7.33. The molecule has 2 fully saturated rings. The van der Waals surface area contributed by atoms with Crippen molar-refractivity contribution in [2.45, 2.75) is 25.6 Å². The molecule has 13 heavy (non-hydrogen) atoms. The standard InChI is InChI=1S/C9H10O4/c1-3-4-9-5-8(2,12-6(9)10)13-7(9)11/h3H,1,4-5H2,2H3. The second-order valence-corrected chi connectivity index (χ2v) is 3.66. The highest BCUT2D eigenvalue weighted by molar-refractivity contribution is 6.04. The first-order valence-electron chi connectivity index (χ1n) is 4.10. The number of carbonyl (C=O) groups is 2. The maximum Gasteiger partial charge on any atom is 0.327 e. The summed E-state index contributed by atoms with van der Waals surface area (Å²) in [5.74, 6) is -1.99. The number of ether oxygens (including phenoxy) is 2. The van der Waals surface area contributed by atoms with Crippen LogP contribution in [0.15, 0.2) is 12.7 Å². The summed E-state index contributed by atoms with van der Waals surface area (Å²) >= 11 is 0. The smallest absolute Gasteiger partial charge is 0.327 e. The fourth-order valence-corrected chi connectivity index (χ4v) is 1.94. The summed E-state index contributed by atoms with van der Waals surface area (Å²) in [6.45, 7) is 5.11. The fraction of sp³-hybridized carbons (Fsp3) is 0.556. The Kier molecular flexibility index (Phi) is 1.36. The van der Waals surface area contributed by atoms with Gasteiger partial charge in [-0.15, -0.1) is 6.58 Å². The van der Waals surface area contributed by atoms with Crippen molar-refractivity contribution in [3.63, 3.8) is 0 Å². The van der Waals surface area contributed by atoms with Crippen LogP contribution in [0.4, 0.5) is 0 Å². The maximum atomic E-state index is 11.4. The van der Waals surface area contributed by atoms with Crippen LogP contribution < -0.4 is 0 Å². The molecule has 0 radical (unpaired) electrons. The summed E-state index contributed by atoms with van der Waals surface area (Å²) < 4.78 is 9.89. The van der Waals surface area contributed by atoms with Crippen LogP contribution in [0, 0.1) is 5.41 Å². The number of allylic oxidation sites excluding steroid dienone is 1. The molecular formula is C9H10O4. The summed E-state index contributed by atoms with van der Waals surface area (Å²) in [6.07, 6.45) is 2.14. The average Bonchev–Trinajstić information content (AvgIpc) is 2.36. The predicted octanol–water partition coefficient (Wildman–Crippen LogP) is 0.769. The first kappa shape index (κ1) is 8.29. The van der Waals surface area contributed by atoms with Crippen LogP contribution in [0.2, 0.25) is 0 Å². The Bertz CT molecular complexity index is 287. The van der Waals surface area contributed by atoms with Gasteiger partial charge in [-0.05, 0) is 6.42 Å². The molecule has 2 rings (SSSR count). The lowest BCUT2D eigenvalue weighted by molar-refractivity contribution is -0.215. The maximum absolute atomic E-state index is 11.4. The average molecular weight is 182 g/mol. The molecule has 2 aliphatic rings. The lowest BCUT2D eigenvalue weighted by Gasteiger charge is -2.23. The molecule has 0 aromatic heterocycles. The van der Waals surface area contributed by atoms with Gasteiger partial charge in [-0.3, -0.25) is 9.59 Å². The number of carbonyl (C=O) groups excluding carboxylic acids is 2. The Balaban J connectivity index is 2.41. The zero-order valence-electron chi connectivity index (χ0n) is 7.33. The van der Waals surface area contributed by atoms with E-state index in [2.05, 4.69) is 6.58 Å².